The van der Waals surface area contributed by atoms with Crippen LogP contribution in [0.3, 0.4) is 0 Å². The molecule has 8 heteroatoms. The zero-order valence-electron chi connectivity index (χ0n) is 12.1. The highest BCUT2D eigenvalue weighted by Crippen LogP contribution is 2.25. The lowest BCUT2D eigenvalue weighted by Gasteiger charge is -2.11. The van der Waals surface area contributed by atoms with Crippen molar-refractivity contribution < 1.29 is 9.53 Å². The summed E-state index contributed by atoms with van der Waals surface area (Å²) in [5.74, 6) is 0.327. The summed E-state index contributed by atoms with van der Waals surface area (Å²) < 4.78 is 5.77. The maximum absolute atomic E-state index is 11.7. The Morgan fingerprint density at radius 1 is 1.50 bits per heavy atom. The van der Waals surface area contributed by atoms with Gasteiger partial charge in [0.25, 0.3) is 0 Å². The number of thioether (sulfide) groups is 1. The number of aromatic nitrogens is 2. The van der Waals surface area contributed by atoms with E-state index in [4.69, 9.17) is 4.74 Å². The van der Waals surface area contributed by atoms with Gasteiger partial charge in [-0.3, -0.25) is 4.79 Å². The van der Waals surface area contributed by atoms with Crippen molar-refractivity contribution in [3.05, 3.63) is 0 Å². The summed E-state index contributed by atoms with van der Waals surface area (Å²) in [7, 11) is 1.62. The number of methoxy groups -OCH3 is 1. The van der Waals surface area contributed by atoms with Crippen LogP contribution in [0.1, 0.15) is 26.7 Å². The summed E-state index contributed by atoms with van der Waals surface area (Å²) >= 11 is 2.88. The molecular weight excluding hydrogens is 296 g/mol. The first-order valence-corrected chi connectivity index (χ1v) is 8.44. The molecule has 0 aliphatic rings. The van der Waals surface area contributed by atoms with Crippen LogP contribution in [-0.4, -0.2) is 48.2 Å². The first-order chi connectivity index (χ1) is 9.65. The molecule has 2 N–H and O–H groups in total. The second-order valence-corrected chi connectivity index (χ2v) is 6.57. The van der Waals surface area contributed by atoms with E-state index in [1.165, 1.54) is 23.1 Å². The van der Waals surface area contributed by atoms with Crippen molar-refractivity contribution in [3.8, 4) is 0 Å². The van der Waals surface area contributed by atoms with Gasteiger partial charge in [-0.25, -0.2) is 0 Å². The van der Waals surface area contributed by atoms with Gasteiger partial charge < -0.3 is 15.4 Å². The van der Waals surface area contributed by atoms with Crippen LogP contribution in [0.15, 0.2) is 4.34 Å². The normalized spacial score (nSPS) is 12.2. The summed E-state index contributed by atoms with van der Waals surface area (Å²) in [4.78, 5) is 11.7. The highest BCUT2D eigenvalue weighted by Gasteiger charge is 2.10. The van der Waals surface area contributed by atoms with Gasteiger partial charge in [0.1, 0.15) is 0 Å². The van der Waals surface area contributed by atoms with Crippen LogP contribution in [0.2, 0.25) is 0 Å². The number of carbonyl (C=O) groups excluding carboxylic acids is 1. The Morgan fingerprint density at radius 3 is 3.00 bits per heavy atom. The third-order valence-corrected chi connectivity index (χ3v) is 4.38. The lowest BCUT2D eigenvalue weighted by Crippen LogP contribution is -2.36. The highest BCUT2D eigenvalue weighted by molar-refractivity contribution is 8.01. The van der Waals surface area contributed by atoms with Crippen LogP contribution >= 0.6 is 23.1 Å². The number of anilines is 1. The van der Waals surface area contributed by atoms with E-state index in [2.05, 4.69) is 27.8 Å². The molecule has 0 bridgehead atoms. The minimum atomic E-state index is -0.0183. The van der Waals surface area contributed by atoms with Crippen LogP contribution in [0, 0.1) is 0 Å². The van der Waals surface area contributed by atoms with Crippen molar-refractivity contribution in [2.24, 2.45) is 0 Å². The first kappa shape index (κ1) is 17.2. The summed E-state index contributed by atoms with van der Waals surface area (Å²) in [6.45, 7) is 5.48. The Bertz CT molecular complexity index is 401. The Morgan fingerprint density at radius 2 is 2.30 bits per heavy atom. The molecule has 0 aromatic carbocycles. The molecule has 0 saturated carbocycles. The fourth-order valence-corrected chi connectivity index (χ4v) is 3.04. The molecule has 6 nitrogen and oxygen atoms in total. The largest absolute Gasteiger partial charge is 0.383 e. The molecule has 0 aliphatic heterocycles. The number of ether oxygens (including phenoxy) is 1. The van der Waals surface area contributed by atoms with Gasteiger partial charge in [0.05, 0.1) is 12.4 Å². The van der Waals surface area contributed by atoms with Crippen LogP contribution < -0.4 is 10.6 Å². The molecule has 114 valence electrons. The van der Waals surface area contributed by atoms with Crippen molar-refractivity contribution >= 4 is 34.1 Å². The highest BCUT2D eigenvalue weighted by atomic mass is 32.2. The van der Waals surface area contributed by atoms with Gasteiger partial charge in [-0.1, -0.05) is 36.4 Å². The second-order valence-electron chi connectivity index (χ2n) is 4.37. The van der Waals surface area contributed by atoms with Gasteiger partial charge in [0, 0.05) is 19.7 Å². The molecule has 1 atom stereocenters. The second kappa shape index (κ2) is 9.95. The van der Waals surface area contributed by atoms with E-state index in [9.17, 15) is 4.79 Å². The fraction of sp³-hybridized carbons (Fsp3) is 0.750. The van der Waals surface area contributed by atoms with Crippen LogP contribution in [0.25, 0.3) is 0 Å². The van der Waals surface area contributed by atoms with Crippen molar-refractivity contribution in [1.82, 2.24) is 15.5 Å². The quantitative estimate of drug-likeness (QED) is 0.507. The van der Waals surface area contributed by atoms with Crippen molar-refractivity contribution in [2.45, 2.75) is 37.1 Å². The predicted octanol–water partition coefficient (Wildman–Crippen LogP) is 1.99. The van der Waals surface area contributed by atoms with E-state index in [1.807, 2.05) is 6.92 Å². The number of carbonyl (C=O) groups is 1. The number of amides is 1. The maximum atomic E-state index is 11.7. The number of nitrogens with zero attached hydrogens (tertiary/aromatic N) is 2. The minimum absolute atomic E-state index is 0.0183. The lowest BCUT2D eigenvalue weighted by atomic mass is 10.3. The Labute approximate surface area is 128 Å². The number of hydrogen-bond acceptors (Lipinski definition) is 7. The van der Waals surface area contributed by atoms with Crippen molar-refractivity contribution in [2.75, 3.05) is 31.3 Å². The van der Waals surface area contributed by atoms with Gasteiger partial charge in [0.15, 0.2) is 4.34 Å². The number of nitrogens with one attached hydrogen (secondary N) is 2. The fourth-order valence-electron chi connectivity index (χ4n) is 1.45. The molecule has 1 unspecified atom stereocenters. The molecule has 0 fully saturated rings. The molecule has 1 heterocycles. The zero-order valence-corrected chi connectivity index (χ0v) is 13.8. The molecule has 1 rings (SSSR count). The van der Waals surface area contributed by atoms with Gasteiger partial charge in [0.2, 0.25) is 11.0 Å². The van der Waals surface area contributed by atoms with Crippen LogP contribution in [0.4, 0.5) is 5.13 Å². The molecule has 1 aromatic rings. The zero-order chi connectivity index (χ0) is 14.8. The summed E-state index contributed by atoms with van der Waals surface area (Å²) in [5.41, 5.74) is 0. The van der Waals surface area contributed by atoms with E-state index in [-0.39, 0.29) is 11.9 Å². The van der Waals surface area contributed by atoms with Gasteiger partial charge in [-0.05, 0) is 13.3 Å². The first-order valence-electron chi connectivity index (χ1n) is 6.64. The lowest BCUT2D eigenvalue weighted by molar-refractivity contribution is -0.119. The maximum Gasteiger partial charge on any atom is 0.230 e. The number of unbranched alkanes of at least 4 members (excludes halogenated alkanes) is 1. The van der Waals surface area contributed by atoms with E-state index in [0.29, 0.717) is 12.4 Å². The molecule has 0 spiro atoms. The third-order valence-electron chi connectivity index (χ3n) is 2.36. The molecule has 1 aromatic heterocycles. The van der Waals surface area contributed by atoms with Gasteiger partial charge >= 0.3 is 0 Å². The molecule has 20 heavy (non-hydrogen) atoms. The van der Waals surface area contributed by atoms with E-state index in [0.717, 1.165) is 28.9 Å². The van der Waals surface area contributed by atoms with Crippen molar-refractivity contribution in [3.63, 3.8) is 0 Å². The molecule has 1 amide bonds. The van der Waals surface area contributed by atoms with Crippen LogP contribution in [0.5, 0.6) is 0 Å². The molecular formula is C12H22N4O2S2. The summed E-state index contributed by atoms with van der Waals surface area (Å²) in [6, 6.07) is 0.0220. The molecule has 0 saturated heterocycles. The van der Waals surface area contributed by atoms with E-state index < -0.39 is 0 Å². The summed E-state index contributed by atoms with van der Waals surface area (Å²) in [5, 5.41) is 15.0. The SMILES string of the molecule is CCCCNc1nnc(SCC(=O)NC(C)COC)s1. The topological polar surface area (TPSA) is 76.1 Å². The minimum Gasteiger partial charge on any atom is -0.383 e. The molecule has 0 radical (unpaired) electrons. The number of hydrogen-bond donors (Lipinski definition) is 2. The van der Waals surface area contributed by atoms with E-state index in [1.54, 1.807) is 7.11 Å². The van der Waals surface area contributed by atoms with Gasteiger partial charge in [-0.15, -0.1) is 10.2 Å². The average Bonchev–Trinajstić information content (AvgIpc) is 2.85. The average molecular weight is 318 g/mol. The van der Waals surface area contributed by atoms with Crippen LogP contribution in [-0.2, 0) is 9.53 Å². The third kappa shape index (κ3) is 7.06. The Balaban J connectivity index is 2.25. The monoisotopic (exact) mass is 318 g/mol. The predicted molar refractivity (Wildman–Crippen MR) is 83.5 cm³/mol. The number of rotatable bonds is 10. The van der Waals surface area contributed by atoms with Gasteiger partial charge in [-0.2, -0.15) is 0 Å². The Kier molecular flexibility index (Phi) is 8.56. The standard InChI is InChI=1S/C12H22N4O2S2/c1-4-5-6-13-11-15-16-12(20-11)19-8-10(17)14-9(2)7-18-3/h9H,4-8H2,1-3H3,(H,13,15)(H,14,17). The summed E-state index contributed by atoms with van der Waals surface area (Å²) in [6.07, 6.45) is 2.26. The molecule has 0 aliphatic carbocycles. The Hall–Kier alpha value is -0.860. The smallest absolute Gasteiger partial charge is 0.230 e. The van der Waals surface area contributed by atoms with E-state index >= 15 is 0 Å². The van der Waals surface area contributed by atoms with Crippen molar-refractivity contribution in [1.29, 1.82) is 0 Å².